The molecule has 21 heavy (non-hydrogen) atoms. The second-order valence-corrected chi connectivity index (χ2v) is 8.58. The van der Waals surface area contributed by atoms with E-state index in [1.54, 1.807) is 24.3 Å². The Labute approximate surface area is 144 Å². The first kappa shape index (κ1) is 15.0. The Morgan fingerprint density at radius 1 is 1.10 bits per heavy atom. The highest BCUT2D eigenvalue weighted by molar-refractivity contribution is 14.1. The molecule has 0 saturated carbocycles. The third-order valence-corrected chi connectivity index (χ3v) is 6.18. The number of benzene rings is 2. The smallest absolute Gasteiger partial charge is 0.268 e. The van der Waals surface area contributed by atoms with Crippen molar-refractivity contribution in [2.75, 3.05) is 0 Å². The van der Waals surface area contributed by atoms with Crippen LogP contribution in [-0.4, -0.2) is 18.6 Å². The minimum absolute atomic E-state index is 0.0414. The van der Waals surface area contributed by atoms with E-state index in [-0.39, 0.29) is 17.0 Å². The van der Waals surface area contributed by atoms with Gasteiger partial charge >= 0.3 is 0 Å². The molecule has 0 spiro atoms. The van der Waals surface area contributed by atoms with Crippen LogP contribution in [0.25, 0.3) is 0 Å². The Morgan fingerprint density at radius 3 is 2.43 bits per heavy atom. The van der Waals surface area contributed by atoms with E-state index in [9.17, 15) is 13.2 Å². The van der Waals surface area contributed by atoms with Crippen LogP contribution in [0.2, 0.25) is 0 Å². The van der Waals surface area contributed by atoms with Crippen molar-refractivity contribution >= 4 is 54.5 Å². The quantitative estimate of drug-likeness (QED) is 0.623. The van der Waals surface area contributed by atoms with Crippen molar-refractivity contribution in [2.45, 2.75) is 11.4 Å². The van der Waals surface area contributed by atoms with Gasteiger partial charge in [-0.1, -0.05) is 28.1 Å². The van der Waals surface area contributed by atoms with Crippen LogP contribution in [0.15, 0.2) is 51.8 Å². The molecule has 0 radical (unpaired) electrons. The summed E-state index contributed by atoms with van der Waals surface area (Å²) in [5, 5.41) is 0. The number of halogens is 2. The molecule has 1 aliphatic heterocycles. The van der Waals surface area contributed by atoms with E-state index < -0.39 is 15.9 Å². The van der Waals surface area contributed by atoms with Gasteiger partial charge in [0.05, 0.1) is 12.1 Å². The van der Waals surface area contributed by atoms with Crippen LogP contribution in [0.5, 0.6) is 0 Å². The molecule has 1 aliphatic rings. The van der Waals surface area contributed by atoms with Crippen LogP contribution < -0.4 is 0 Å². The summed E-state index contributed by atoms with van der Waals surface area (Å²) in [5.74, 6) is -0.468. The second-order valence-electron chi connectivity index (χ2n) is 4.58. The van der Waals surface area contributed by atoms with Crippen molar-refractivity contribution in [1.82, 2.24) is 4.31 Å². The number of sulfonamides is 1. The highest BCUT2D eigenvalue weighted by Gasteiger charge is 2.41. The van der Waals surface area contributed by atoms with Crippen LogP contribution in [0.3, 0.4) is 0 Å². The SMILES string of the molecule is O=C1c2ccc(I)cc2S(=O)(=O)N1Cc1ccc(Br)cc1. The standard InChI is InChI=1S/C14H9BrINO3S/c15-10-3-1-9(2-4-10)8-17-14(18)12-6-5-11(16)7-13(12)21(17,19)20/h1-7H,8H2. The van der Waals surface area contributed by atoms with Gasteiger partial charge in [0.1, 0.15) is 4.90 Å². The summed E-state index contributed by atoms with van der Waals surface area (Å²) in [4.78, 5) is 12.4. The molecule has 108 valence electrons. The minimum Gasteiger partial charge on any atom is -0.268 e. The van der Waals surface area contributed by atoms with Gasteiger partial charge < -0.3 is 0 Å². The van der Waals surface area contributed by atoms with Crippen molar-refractivity contribution in [3.05, 3.63) is 61.6 Å². The summed E-state index contributed by atoms with van der Waals surface area (Å²) in [5.41, 5.74) is 1.00. The maximum Gasteiger partial charge on any atom is 0.269 e. The van der Waals surface area contributed by atoms with E-state index in [2.05, 4.69) is 15.9 Å². The molecule has 3 rings (SSSR count). The first-order valence-electron chi connectivity index (χ1n) is 6.00. The van der Waals surface area contributed by atoms with Crippen molar-refractivity contribution in [3.8, 4) is 0 Å². The molecule has 4 nitrogen and oxygen atoms in total. The number of carbonyl (C=O) groups excluding carboxylic acids is 1. The molecule has 0 aromatic heterocycles. The fourth-order valence-electron chi connectivity index (χ4n) is 2.16. The number of fused-ring (bicyclic) bond motifs is 1. The van der Waals surface area contributed by atoms with Gasteiger partial charge in [-0.3, -0.25) is 4.79 Å². The van der Waals surface area contributed by atoms with Crippen molar-refractivity contribution in [1.29, 1.82) is 0 Å². The highest BCUT2D eigenvalue weighted by atomic mass is 127. The number of nitrogens with zero attached hydrogens (tertiary/aromatic N) is 1. The molecule has 0 unspecified atom stereocenters. The highest BCUT2D eigenvalue weighted by Crippen LogP contribution is 2.32. The van der Waals surface area contributed by atoms with E-state index in [0.29, 0.717) is 0 Å². The van der Waals surface area contributed by atoms with Gasteiger partial charge in [0, 0.05) is 8.04 Å². The zero-order valence-electron chi connectivity index (χ0n) is 10.6. The van der Waals surface area contributed by atoms with Gasteiger partial charge in [0.15, 0.2) is 0 Å². The fraction of sp³-hybridized carbons (Fsp3) is 0.0714. The van der Waals surface area contributed by atoms with Gasteiger partial charge in [-0.15, -0.1) is 0 Å². The van der Waals surface area contributed by atoms with E-state index in [4.69, 9.17) is 0 Å². The Bertz CT molecular complexity index is 834. The average Bonchev–Trinajstić information content (AvgIpc) is 2.62. The van der Waals surface area contributed by atoms with Crippen LogP contribution in [0.4, 0.5) is 0 Å². The van der Waals surface area contributed by atoms with Crippen LogP contribution in [-0.2, 0) is 16.6 Å². The normalized spacial score (nSPS) is 16.1. The molecule has 0 fully saturated rings. The largest absolute Gasteiger partial charge is 0.269 e. The number of amides is 1. The molecule has 2 aromatic carbocycles. The lowest BCUT2D eigenvalue weighted by atomic mass is 10.2. The van der Waals surface area contributed by atoms with E-state index in [1.807, 2.05) is 34.7 Å². The average molecular weight is 478 g/mol. The Hall–Kier alpha value is -0.930. The number of hydrogen-bond donors (Lipinski definition) is 0. The molecular weight excluding hydrogens is 469 g/mol. The van der Waals surface area contributed by atoms with E-state index in [0.717, 1.165) is 17.9 Å². The second kappa shape index (κ2) is 5.36. The molecule has 1 heterocycles. The molecule has 0 bridgehead atoms. The van der Waals surface area contributed by atoms with Gasteiger partial charge in [-0.2, -0.15) is 0 Å². The number of hydrogen-bond acceptors (Lipinski definition) is 3. The lowest BCUT2D eigenvalue weighted by Gasteiger charge is -2.15. The minimum atomic E-state index is -3.76. The molecule has 2 aromatic rings. The fourth-order valence-corrected chi connectivity index (χ4v) is 4.71. The van der Waals surface area contributed by atoms with Crippen molar-refractivity contribution in [3.63, 3.8) is 0 Å². The number of carbonyl (C=O) groups is 1. The first-order valence-corrected chi connectivity index (χ1v) is 9.32. The summed E-state index contributed by atoms with van der Waals surface area (Å²) in [6, 6.07) is 12.1. The Morgan fingerprint density at radius 2 is 1.76 bits per heavy atom. The Kier molecular flexibility index (Phi) is 3.83. The van der Waals surface area contributed by atoms with Crippen LogP contribution in [0, 0.1) is 3.57 Å². The molecule has 0 N–H and O–H groups in total. The lowest BCUT2D eigenvalue weighted by molar-refractivity contribution is 0.0865. The predicted molar refractivity (Wildman–Crippen MR) is 90.4 cm³/mol. The predicted octanol–water partition coefficient (Wildman–Crippen LogP) is 3.40. The summed E-state index contributed by atoms with van der Waals surface area (Å²) < 4.78 is 27.6. The number of rotatable bonds is 2. The summed E-state index contributed by atoms with van der Waals surface area (Å²) >= 11 is 5.36. The maximum absolute atomic E-state index is 12.5. The van der Waals surface area contributed by atoms with E-state index in [1.165, 1.54) is 6.07 Å². The third kappa shape index (κ3) is 2.62. The monoisotopic (exact) mass is 477 g/mol. The van der Waals surface area contributed by atoms with Crippen molar-refractivity contribution in [2.24, 2.45) is 0 Å². The zero-order valence-corrected chi connectivity index (χ0v) is 15.1. The van der Waals surface area contributed by atoms with Gasteiger partial charge in [-0.05, 0) is 58.5 Å². The zero-order chi connectivity index (χ0) is 15.2. The molecular formula is C14H9BrINO3S. The van der Waals surface area contributed by atoms with Gasteiger partial charge in [0.25, 0.3) is 15.9 Å². The first-order chi connectivity index (χ1) is 9.89. The third-order valence-electron chi connectivity index (χ3n) is 3.21. The molecule has 0 aliphatic carbocycles. The molecule has 7 heteroatoms. The summed E-state index contributed by atoms with van der Waals surface area (Å²) in [7, 11) is -3.76. The van der Waals surface area contributed by atoms with Gasteiger partial charge in [0.2, 0.25) is 0 Å². The van der Waals surface area contributed by atoms with Gasteiger partial charge in [-0.25, -0.2) is 12.7 Å². The van der Waals surface area contributed by atoms with Crippen LogP contribution >= 0.6 is 38.5 Å². The maximum atomic E-state index is 12.5. The van der Waals surface area contributed by atoms with Crippen molar-refractivity contribution < 1.29 is 13.2 Å². The van der Waals surface area contributed by atoms with E-state index >= 15 is 0 Å². The Balaban J connectivity index is 2.02. The topological polar surface area (TPSA) is 54.5 Å². The molecule has 0 atom stereocenters. The molecule has 1 amide bonds. The summed E-state index contributed by atoms with van der Waals surface area (Å²) in [6.07, 6.45) is 0. The molecule has 0 saturated heterocycles. The summed E-state index contributed by atoms with van der Waals surface area (Å²) in [6.45, 7) is 0.0414. The van der Waals surface area contributed by atoms with Crippen LogP contribution in [0.1, 0.15) is 15.9 Å². The lowest BCUT2D eigenvalue weighted by Crippen LogP contribution is -2.29.